The minimum absolute atomic E-state index is 0.199. The molecule has 7 nitrogen and oxygen atoms in total. The third kappa shape index (κ3) is 4.17. The number of benzene rings is 1. The maximum Gasteiger partial charge on any atom is 0.224 e. The molecule has 0 unspecified atom stereocenters. The van der Waals surface area contributed by atoms with Crippen LogP contribution in [0.3, 0.4) is 0 Å². The summed E-state index contributed by atoms with van der Waals surface area (Å²) >= 11 is 0. The zero-order chi connectivity index (χ0) is 17.6. The van der Waals surface area contributed by atoms with Crippen LogP contribution in [0.5, 0.6) is 17.4 Å². The highest BCUT2D eigenvalue weighted by Gasteiger charge is 2.21. The van der Waals surface area contributed by atoms with Gasteiger partial charge in [-0.2, -0.15) is 0 Å². The zero-order valence-electron chi connectivity index (χ0n) is 14.5. The van der Waals surface area contributed by atoms with Crippen LogP contribution in [0.2, 0.25) is 0 Å². The van der Waals surface area contributed by atoms with Gasteiger partial charge in [-0.15, -0.1) is 0 Å². The fourth-order valence-corrected chi connectivity index (χ4v) is 2.75. The second kappa shape index (κ2) is 7.83. The molecule has 2 heterocycles. The minimum Gasteiger partial charge on any atom is -0.497 e. The SMILES string of the molecule is CCC(=O)N1CCN(c2cc(Oc3cccc(OC)c3)ncn2)CC1. The van der Waals surface area contributed by atoms with E-state index in [2.05, 4.69) is 14.9 Å². The van der Waals surface area contributed by atoms with Gasteiger partial charge in [0.05, 0.1) is 7.11 Å². The van der Waals surface area contributed by atoms with Crippen LogP contribution >= 0.6 is 0 Å². The number of piperazine rings is 1. The number of hydrogen-bond donors (Lipinski definition) is 0. The molecule has 1 aliphatic rings. The number of ether oxygens (including phenoxy) is 2. The van der Waals surface area contributed by atoms with Crippen LogP contribution in [0.15, 0.2) is 36.7 Å². The summed E-state index contributed by atoms with van der Waals surface area (Å²) in [6.07, 6.45) is 2.04. The number of nitrogens with zero attached hydrogens (tertiary/aromatic N) is 4. The Morgan fingerprint density at radius 1 is 1.12 bits per heavy atom. The van der Waals surface area contributed by atoms with E-state index < -0.39 is 0 Å². The lowest BCUT2D eigenvalue weighted by Crippen LogP contribution is -2.48. The third-order valence-corrected chi connectivity index (χ3v) is 4.15. The molecule has 7 heteroatoms. The Kier molecular flexibility index (Phi) is 5.33. The van der Waals surface area contributed by atoms with Gasteiger partial charge < -0.3 is 19.3 Å². The first-order chi connectivity index (χ1) is 12.2. The molecule has 0 radical (unpaired) electrons. The van der Waals surface area contributed by atoms with Gasteiger partial charge in [-0.05, 0) is 12.1 Å². The molecule has 1 amide bonds. The molecule has 1 saturated heterocycles. The number of aromatic nitrogens is 2. The van der Waals surface area contributed by atoms with E-state index in [1.807, 2.05) is 36.1 Å². The lowest BCUT2D eigenvalue weighted by molar-refractivity contribution is -0.131. The normalized spacial score (nSPS) is 14.3. The van der Waals surface area contributed by atoms with Gasteiger partial charge in [-0.1, -0.05) is 13.0 Å². The van der Waals surface area contributed by atoms with Crippen molar-refractivity contribution in [2.45, 2.75) is 13.3 Å². The summed E-state index contributed by atoms with van der Waals surface area (Å²) in [7, 11) is 1.62. The summed E-state index contributed by atoms with van der Waals surface area (Å²) in [5.41, 5.74) is 0. The molecule has 1 aliphatic heterocycles. The molecule has 132 valence electrons. The van der Waals surface area contributed by atoms with Crippen LogP contribution in [0.4, 0.5) is 5.82 Å². The molecule has 0 atom stereocenters. The molecule has 0 spiro atoms. The Balaban J connectivity index is 1.66. The molecule has 2 aromatic rings. The molecule has 3 rings (SSSR count). The van der Waals surface area contributed by atoms with Crippen molar-refractivity contribution in [3.8, 4) is 17.4 Å². The predicted molar refractivity (Wildman–Crippen MR) is 94.2 cm³/mol. The maximum absolute atomic E-state index is 11.8. The van der Waals surface area contributed by atoms with Crippen molar-refractivity contribution in [1.82, 2.24) is 14.9 Å². The number of methoxy groups -OCH3 is 1. The van der Waals surface area contributed by atoms with Gasteiger partial charge in [0.2, 0.25) is 11.8 Å². The van der Waals surface area contributed by atoms with Crippen molar-refractivity contribution in [3.05, 3.63) is 36.7 Å². The van der Waals surface area contributed by atoms with E-state index >= 15 is 0 Å². The van der Waals surface area contributed by atoms with E-state index in [9.17, 15) is 4.79 Å². The van der Waals surface area contributed by atoms with Crippen LogP contribution in [0.25, 0.3) is 0 Å². The smallest absolute Gasteiger partial charge is 0.224 e. The Bertz CT molecular complexity index is 730. The Morgan fingerprint density at radius 3 is 2.60 bits per heavy atom. The molecule has 1 aromatic carbocycles. The number of amides is 1. The van der Waals surface area contributed by atoms with E-state index in [-0.39, 0.29) is 5.91 Å². The minimum atomic E-state index is 0.199. The molecule has 1 aromatic heterocycles. The Hall–Kier alpha value is -2.83. The second-order valence-electron chi connectivity index (χ2n) is 5.72. The van der Waals surface area contributed by atoms with Gasteiger partial charge >= 0.3 is 0 Å². The summed E-state index contributed by atoms with van der Waals surface area (Å²) < 4.78 is 11.0. The van der Waals surface area contributed by atoms with Crippen molar-refractivity contribution in [1.29, 1.82) is 0 Å². The lowest BCUT2D eigenvalue weighted by Gasteiger charge is -2.35. The second-order valence-corrected chi connectivity index (χ2v) is 5.72. The topological polar surface area (TPSA) is 67.8 Å². The van der Waals surface area contributed by atoms with Crippen molar-refractivity contribution >= 4 is 11.7 Å². The van der Waals surface area contributed by atoms with Crippen molar-refractivity contribution < 1.29 is 14.3 Å². The first-order valence-electron chi connectivity index (χ1n) is 8.36. The molecule has 1 fully saturated rings. The maximum atomic E-state index is 11.8. The molecule has 25 heavy (non-hydrogen) atoms. The highest BCUT2D eigenvalue weighted by molar-refractivity contribution is 5.76. The monoisotopic (exact) mass is 342 g/mol. The summed E-state index contributed by atoms with van der Waals surface area (Å²) in [4.78, 5) is 24.3. The summed E-state index contributed by atoms with van der Waals surface area (Å²) in [5.74, 6) is 2.86. The van der Waals surface area contributed by atoms with Crippen molar-refractivity contribution in [2.24, 2.45) is 0 Å². The molecule has 0 N–H and O–H groups in total. The number of carbonyl (C=O) groups is 1. The fourth-order valence-electron chi connectivity index (χ4n) is 2.75. The first kappa shape index (κ1) is 17.0. The van der Waals surface area contributed by atoms with Gasteiger partial charge in [0.1, 0.15) is 23.6 Å². The number of rotatable bonds is 5. The van der Waals surface area contributed by atoms with Crippen LogP contribution in [0, 0.1) is 0 Å². The quantitative estimate of drug-likeness (QED) is 0.831. The zero-order valence-corrected chi connectivity index (χ0v) is 14.5. The number of hydrogen-bond acceptors (Lipinski definition) is 6. The molecular weight excluding hydrogens is 320 g/mol. The van der Waals surface area contributed by atoms with Gasteiger partial charge in [-0.25, -0.2) is 9.97 Å². The van der Waals surface area contributed by atoms with Gasteiger partial charge in [0, 0.05) is 44.7 Å². The van der Waals surface area contributed by atoms with Gasteiger partial charge in [0.15, 0.2) is 0 Å². The highest BCUT2D eigenvalue weighted by Crippen LogP contribution is 2.25. The Morgan fingerprint density at radius 2 is 1.88 bits per heavy atom. The molecule has 0 aliphatic carbocycles. The number of carbonyl (C=O) groups excluding carboxylic acids is 1. The van der Waals surface area contributed by atoms with Crippen LogP contribution < -0.4 is 14.4 Å². The van der Waals surface area contributed by atoms with Crippen LogP contribution in [-0.2, 0) is 4.79 Å². The summed E-state index contributed by atoms with van der Waals surface area (Å²) in [6, 6.07) is 9.18. The molecule has 0 saturated carbocycles. The Labute approximate surface area is 147 Å². The van der Waals surface area contributed by atoms with E-state index in [1.165, 1.54) is 6.33 Å². The first-order valence-corrected chi connectivity index (χ1v) is 8.36. The van der Waals surface area contributed by atoms with Crippen molar-refractivity contribution in [2.75, 3.05) is 38.2 Å². The van der Waals surface area contributed by atoms with Crippen LogP contribution in [0.1, 0.15) is 13.3 Å². The third-order valence-electron chi connectivity index (χ3n) is 4.15. The van der Waals surface area contributed by atoms with Gasteiger partial charge in [-0.3, -0.25) is 4.79 Å². The van der Waals surface area contributed by atoms with E-state index in [0.717, 1.165) is 24.7 Å². The summed E-state index contributed by atoms with van der Waals surface area (Å²) in [5, 5.41) is 0. The van der Waals surface area contributed by atoms with E-state index in [4.69, 9.17) is 9.47 Å². The average Bonchev–Trinajstić information content (AvgIpc) is 2.68. The standard InChI is InChI=1S/C18H22N4O3/c1-3-18(23)22-9-7-21(8-10-22)16-12-17(20-13-19-16)25-15-6-4-5-14(11-15)24-2/h4-6,11-13H,3,7-10H2,1-2H3. The van der Waals surface area contributed by atoms with Crippen LogP contribution in [-0.4, -0.2) is 54.1 Å². The predicted octanol–water partition coefficient (Wildman–Crippen LogP) is 2.34. The van der Waals surface area contributed by atoms with Crippen molar-refractivity contribution in [3.63, 3.8) is 0 Å². The molecular formula is C18H22N4O3. The fraction of sp³-hybridized carbons (Fsp3) is 0.389. The van der Waals surface area contributed by atoms with E-state index in [0.29, 0.717) is 31.1 Å². The lowest BCUT2D eigenvalue weighted by atomic mass is 10.3. The highest BCUT2D eigenvalue weighted by atomic mass is 16.5. The van der Waals surface area contributed by atoms with Gasteiger partial charge in [0.25, 0.3) is 0 Å². The summed E-state index contributed by atoms with van der Waals surface area (Å²) in [6.45, 7) is 4.82. The number of anilines is 1. The van der Waals surface area contributed by atoms with E-state index in [1.54, 1.807) is 13.2 Å². The molecule has 0 bridgehead atoms. The average molecular weight is 342 g/mol. The largest absolute Gasteiger partial charge is 0.497 e.